The van der Waals surface area contributed by atoms with Crippen molar-refractivity contribution < 1.29 is 14.6 Å². The molecule has 2 N–H and O–H groups in total. The van der Waals surface area contributed by atoms with Crippen molar-refractivity contribution in [2.75, 3.05) is 0 Å². The van der Waals surface area contributed by atoms with Gasteiger partial charge in [0.25, 0.3) is 11.9 Å². The fraction of sp³-hybridized carbons (Fsp3) is 0.357. The quantitative estimate of drug-likeness (QED) is 0.810. The molecule has 98 valence electrons. The van der Waals surface area contributed by atoms with Gasteiger partial charge in [-0.3, -0.25) is 4.79 Å². The lowest BCUT2D eigenvalue weighted by Crippen LogP contribution is -2.26. The molecule has 4 nitrogen and oxygen atoms in total. The molecule has 0 aliphatic rings. The van der Waals surface area contributed by atoms with Crippen LogP contribution in [-0.4, -0.2) is 16.6 Å². The Bertz CT molecular complexity index is 444. The largest absolute Gasteiger partial charge is 0.480 e. The Hall–Kier alpha value is -1.97. The second-order valence-electron chi connectivity index (χ2n) is 4.96. The maximum Gasteiger partial charge on any atom is 0.297 e. The topological polar surface area (TPSA) is 58.6 Å². The van der Waals surface area contributed by atoms with Crippen LogP contribution in [0.15, 0.2) is 42.0 Å². The van der Waals surface area contributed by atoms with Crippen LogP contribution in [-0.2, 0) is 4.74 Å². The van der Waals surface area contributed by atoms with Gasteiger partial charge in [0.2, 0.25) is 0 Å². The Labute approximate surface area is 107 Å². The summed E-state index contributed by atoms with van der Waals surface area (Å²) in [7, 11) is 0. The summed E-state index contributed by atoms with van der Waals surface area (Å²) in [6, 6.07) is 8.78. The molecule has 0 radical (unpaired) electrons. The van der Waals surface area contributed by atoms with Gasteiger partial charge in [0.15, 0.2) is 0 Å². The first-order chi connectivity index (χ1) is 8.29. The third-order valence-corrected chi connectivity index (χ3v) is 2.06. The fourth-order valence-corrected chi connectivity index (χ4v) is 1.25. The van der Waals surface area contributed by atoms with E-state index in [0.717, 1.165) is 0 Å². The molecule has 18 heavy (non-hydrogen) atoms. The molecule has 0 saturated carbocycles. The van der Waals surface area contributed by atoms with Gasteiger partial charge in [0.1, 0.15) is 5.60 Å². The molecule has 4 heteroatoms. The zero-order valence-corrected chi connectivity index (χ0v) is 11.2. The minimum Gasteiger partial charge on any atom is -0.480 e. The molecular weight excluding hydrogens is 230 g/mol. The smallest absolute Gasteiger partial charge is 0.297 e. The highest BCUT2D eigenvalue weighted by molar-refractivity contribution is 5.95. The zero-order valence-electron chi connectivity index (χ0n) is 11.2. The van der Waals surface area contributed by atoms with E-state index in [-0.39, 0.29) is 11.9 Å². The molecule has 0 spiro atoms. The van der Waals surface area contributed by atoms with E-state index < -0.39 is 5.60 Å². The number of hydrogen-bond donors (Lipinski definition) is 2. The van der Waals surface area contributed by atoms with Gasteiger partial charge in [-0.25, -0.2) is 0 Å². The molecule has 0 aliphatic heterocycles. The summed E-state index contributed by atoms with van der Waals surface area (Å²) >= 11 is 0. The van der Waals surface area contributed by atoms with Gasteiger partial charge in [-0.05, 0) is 39.8 Å². The predicted octanol–water partition coefficient (Wildman–Crippen LogP) is 2.98. The van der Waals surface area contributed by atoms with Crippen molar-refractivity contribution >= 4 is 5.91 Å². The van der Waals surface area contributed by atoms with Gasteiger partial charge in [0.05, 0.1) is 5.70 Å². The number of ether oxygens (including phenoxy) is 1. The first-order valence-electron chi connectivity index (χ1n) is 5.75. The van der Waals surface area contributed by atoms with E-state index in [9.17, 15) is 9.90 Å². The van der Waals surface area contributed by atoms with Crippen molar-refractivity contribution in [3.05, 3.63) is 47.5 Å². The summed E-state index contributed by atoms with van der Waals surface area (Å²) < 4.78 is 5.26. The van der Waals surface area contributed by atoms with Crippen LogP contribution in [0.2, 0.25) is 0 Å². The molecule has 0 saturated heterocycles. The standard InChI is InChI=1S/C14H19NO3/c1-10(13(17)18-14(2,3)4)15-12(16)11-8-6-5-7-9-11/h5-9,17H,1-4H3,(H,15,16)/b13-10+. The monoisotopic (exact) mass is 249 g/mol. The van der Waals surface area contributed by atoms with Crippen molar-refractivity contribution in [1.82, 2.24) is 5.32 Å². The van der Waals surface area contributed by atoms with Crippen molar-refractivity contribution in [3.8, 4) is 0 Å². The van der Waals surface area contributed by atoms with Crippen LogP contribution < -0.4 is 5.32 Å². The summed E-state index contributed by atoms with van der Waals surface area (Å²) in [5.41, 5.74) is 0.308. The third-order valence-electron chi connectivity index (χ3n) is 2.06. The summed E-state index contributed by atoms with van der Waals surface area (Å²) in [6.07, 6.45) is 0. The molecular formula is C14H19NO3. The van der Waals surface area contributed by atoms with E-state index in [1.54, 1.807) is 31.2 Å². The van der Waals surface area contributed by atoms with Gasteiger partial charge in [-0.15, -0.1) is 0 Å². The Balaban J connectivity index is 2.73. The molecule has 1 amide bonds. The molecule has 0 aliphatic carbocycles. The van der Waals surface area contributed by atoms with Crippen LogP contribution in [0.3, 0.4) is 0 Å². The first kappa shape index (κ1) is 14.1. The van der Waals surface area contributed by atoms with Crippen LogP contribution in [0, 0.1) is 0 Å². The van der Waals surface area contributed by atoms with Crippen molar-refractivity contribution in [3.63, 3.8) is 0 Å². The van der Waals surface area contributed by atoms with E-state index in [0.29, 0.717) is 11.3 Å². The average Bonchev–Trinajstić information content (AvgIpc) is 2.27. The zero-order chi connectivity index (χ0) is 13.8. The number of amides is 1. The number of allylic oxidation sites excluding steroid dienone is 1. The highest BCUT2D eigenvalue weighted by Crippen LogP contribution is 2.13. The van der Waals surface area contributed by atoms with Crippen molar-refractivity contribution in [2.24, 2.45) is 0 Å². The Morgan fingerprint density at radius 1 is 1.22 bits per heavy atom. The maximum atomic E-state index is 11.8. The number of rotatable bonds is 3. The third kappa shape index (κ3) is 4.49. The van der Waals surface area contributed by atoms with Crippen LogP contribution in [0.25, 0.3) is 0 Å². The number of benzene rings is 1. The summed E-state index contributed by atoms with van der Waals surface area (Å²) in [5.74, 6) is -0.552. The summed E-state index contributed by atoms with van der Waals surface area (Å²) in [6.45, 7) is 7.03. The summed E-state index contributed by atoms with van der Waals surface area (Å²) in [5, 5.41) is 12.3. The van der Waals surface area contributed by atoms with E-state index >= 15 is 0 Å². The fourth-order valence-electron chi connectivity index (χ4n) is 1.25. The average molecular weight is 249 g/mol. The number of carbonyl (C=O) groups excluding carboxylic acids is 1. The molecule has 1 rings (SSSR count). The van der Waals surface area contributed by atoms with Crippen LogP contribution in [0.4, 0.5) is 0 Å². The maximum absolute atomic E-state index is 11.8. The molecule has 0 unspecified atom stereocenters. The molecule has 0 fully saturated rings. The lowest BCUT2D eigenvalue weighted by atomic mass is 10.2. The van der Waals surface area contributed by atoms with Crippen LogP contribution in [0.1, 0.15) is 38.1 Å². The number of carbonyl (C=O) groups is 1. The van der Waals surface area contributed by atoms with E-state index in [2.05, 4.69) is 5.32 Å². The first-order valence-corrected chi connectivity index (χ1v) is 5.75. The minimum absolute atomic E-state index is 0.271. The normalized spacial score (nSPS) is 12.7. The highest BCUT2D eigenvalue weighted by atomic mass is 16.6. The molecule has 1 aromatic carbocycles. The Kier molecular flexibility index (Phi) is 4.37. The second kappa shape index (κ2) is 5.58. The van der Waals surface area contributed by atoms with Crippen LogP contribution >= 0.6 is 0 Å². The van der Waals surface area contributed by atoms with Crippen LogP contribution in [0.5, 0.6) is 0 Å². The van der Waals surface area contributed by atoms with Gasteiger partial charge >= 0.3 is 0 Å². The number of nitrogens with one attached hydrogen (secondary N) is 1. The van der Waals surface area contributed by atoms with Crippen molar-refractivity contribution in [1.29, 1.82) is 0 Å². The minimum atomic E-state index is -0.511. The second-order valence-corrected chi connectivity index (χ2v) is 4.96. The summed E-state index contributed by atoms with van der Waals surface area (Å²) in [4.78, 5) is 11.8. The van der Waals surface area contributed by atoms with Gasteiger partial charge in [-0.1, -0.05) is 18.2 Å². The van der Waals surface area contributed by atoms with Gasteiger partial charge < -0.3 is 15.2 Å². The highest BCUT2D eigenvalue weighted by Gasteiger charge is 2.16. The molecule has 0 atom stereocenters. The number of aliphatic hydroxyl groups is 1. The predicted molar refractivity (Wildman–Crippen MR) is 70.1 cm³/mol. The van der Waals surface area contributed by atoms with E-state index in [1.165, 1.54) is 0 Å². The SMILES string of the molecule is C/C(NC(=O)c1ccccc1)=C(/O)OC(C)(C)C. The Morgan fingerprint density at radius 2 is 1.78 bits per heavy atom. The molecule has 0 heterocycles. The number of hydrogen-bond acceptors (Lipinski definition) is 3. The Morgan fingerprint density at radius 3 is 2.28 bits per heavy atom. The lowest BCUT2D eigenvalue weighted by Gasteiger charge is -2.21. The molecule has 0 aromatic heterocycles. The van der Waals surface area contributed by atoms with E-state index in [4.69, 9.17) is 4.74 Å². The van der Waals surface area contributed by atoms with Gasteiger partial charge in [0, 0.05) is 5.56 Å². The van der Waals surface area contributed by atoms with Crippen molar-refractivity contribution in [2.45, 2.75) is 33.3 Å². The van der Waals surface area contributed by atoms with Gasteiger partial charge in [-0.2, -0.15) is 0 Å². The number of aliphatic hydroxyl groups excluding tert-OH is 1. The molecule has 0 bridgehead atoms. The van der Waals surface area contributed by atoms with E-state index in [1.807, 2.05) is 26.8 Å². The molecule has 1 aromatic rings. The lowest BCUT2D eigenvalue weighted by molar-refractivity contribution is -0.0183.